The van der Waals surface area contributed by atoms with Crippen LogP contribution in [0.15, 0.2) is 85.2 Å². The van der Waals surface area contributed by atoms with Crippen molar-refractivity contribution < 1.29 is 33.1 Å². The number of aliphatic hydroxyl groups is 1. The van der Waals surface area contributed by atoms with Gasteiger partial charge in [-0.3, -0.25) is 24.6 Å². The maximum atomic E-state index is 15.2. The first-order valence-electron chi connectivity index (χ1n) is 20.8. The van der Waals surface area contributed by atoms with Crippen LogP contribution in [0.1, 0.15) is 77.7 Å². The fourth-order valence-corrected chi connectivity index (χ4v) is 7.59. The van der Waals surface area contributed by atoms with Crippen molar-refractivity contribution in [2.75, 3.05) is 30.4 Å². The summed E-state index contributed by atoms with van der Waals surface area (Å²) in [5.74, 6) is -2.52. The Hall–Kier alpha value is -6.84. The van der Waals surface area contributed by atoms with E-state index in [9.17, 15) is 28.7 Å². The predicted octanol–water partition coefficient (Wildman–Crippen LogP) is 8.03. The number of aromatic nitrogens is 3. The van der Waals surface area contributed by atoms with Crippen LogP contribution < -0.4 is 20.9 Å². The molecule has 0 bridgehead atoms. The summed E-state index contributed by atoms with van der Waals surface area (Å²) in [7, 11) is 2.04. The summed E-state index contributed by atoms with van der Waals surface area (Å²) in [6.45, 7) is 8.89. The number of nitrogens with one attached hydrogen (secondary N) is 4. The first-order valence-corrected chi connectivity index (χ1v) is 20.8. The van der Waals surface area contributed by atoms with E-state index in [1.54, 1.807) is 6.92 Å². The van der Waals surface area contributed by atoms with E-state index in [1.165, 1.54) is 49.3 Å². The fourth-order valence-electron chi connectivity index (χ4n) is 7.59. The molecule has 1 aliphatic heterocycles. The lowest BCUT2D eigenvalue weighted by molar-refractivity contribution is -0.121. The summed E-state index contributed by atoms with van der Waals surface area (Å²) in [5.41, 5.74) is 6.28. The van der Waals surface area contributed by atoms with Crippen molar-refractivity contribution in [3.8, 4) is 22.5 Å². The average Bonchev–Trinajstić information content (AvgIpc) is 3.68. The van der Waals surface area contributed by atoms with Crippen LogP contribution in [-0.4, -0.2) is 68.8 Å². The molecule has 6 aromatic rings. The molecule has 1 fully saturated rings. The van der Waals surface area contributed by atoms with E-state index in [2.05, 4.69) is 47.9 Å². The van der Waals surface area contributed by atoms with Crippen LogP contribution in [0.2, 0.25) is 0 Å². The Bertz CT molecular complexity index is 2710. The van der Waals surface area contributed by atoms with Crippen molar-refractivity contribution in [1.29, 1.82) is 0 Å². The number of nitrogens with zero attached hydrogens (tertiary/aromatic N) is 4. The van der Waals surface area contributed by atoms with Gasteiger partial charge in [0.15, 0.2) is 0 Å². The first kappa shape index (κ1) is 44.2. The van der Waals surface area contributed by atoms with E-state index in [1.807, 2.05) is 50.4 Å². The summed E-state index contributed by atoms with van der Waals surface area (Å²) in [4.78, 5) is 65.7. The fraction of sp³-hybridized carbons (Fsp3) is 0.292. The topological polar surface area (TPSA) is 173 Å². The monoisotopic (exact) mass is 856 g/mol. The van der Waals surface area contributed by atoms with Crippen molar-refractivity contribution in [2.24, 2.45) is 0 Å². The normalized spacial score (nSPS) is 13.1. The number of anilines is 2. The number of aromatic amines is 1. The molecule has 5 amide bonds. The second kappa shape index (κ2) is 18.6. The summed E-state index contributed by atoms with van der Waals surface area (Å²) in [5, 5.41) is 18.9. The van der Waals surface area contributed by atoms with Crippen molar-refractivity contribution in [3.05, 3.63) is 130 Å². The number of hydrogen-bond donors (Lipinski definition) is 5. The summed E-state index contributed by atoms with van der Waals surface area (Å²) < 4.78 is 30.1. The minimum atomic E-state index is -1.29. The minimum absolute atomic E-state index is 0.0428. The highest BCUT2D eigenvalue weighted by Gasteiger charge is 2.25. The number of rotatable bonds is 15. The number of fused-ring (bicyclic) bond motifs is 1. The van der Waals surface area contributed by atoms with Gasteiger partial charge >= 0.3 is 6.03 Å². The van der Waals surface area contributed by atoms with Crippen molar-refractivity contribution in [2.45, 2.75) is 72.1 Å². The number of carbonyl (C=O) groups excluding carboxylic acids is 4. The molecule has 5 N–H and O–H groups in total. The molecule has 4 aromatic carbocycles. The van der Waals surface area contributed by atoms with Crippen LogP contribution in [0.25, 0.3) is 33.5 Å². The van der Waals surface area contributed by atoms with E-state index in [4.69, 9.17) is 0 Å². The van der Waals surface area contributed by atoms with Gasteiger partial charge in [-0.15, -0.1) is 0 Å². The van der Waals surface area contributed by atoms with Gasteiger partial charge in [-0.1, -0.05) is 36.4 Å². The predicted molar refractivity (Wildman–Crippen MR) is 238 cm³/mol. The second-order valence-electron chi connectivity index (χ2n) is 16.5. The second-order valence-corrected chi connectivity index (χ2v) is 16.5. The van der Waals surface area contributed by atoms with Gasteiger partial charge in [-0.05, 0) is 130 Å². The van der Waals surface area contributed by atoms with E-state index in [0.717, 1.165) is 53.4 Å². The number of benzene rings is 4. The SMILES string of the molecule is Cc1ccc(N2CCC(=O)NC2=O)cc1CNC(=O)CCCCN(C)Cc1ccc(-c2cc3c(-c4cc(F)cc(NC(=O)c5ccc(C(C)(C)O)cc5F)c4C)ncnc3[nH]2)cc1. The van der Waals surface area contributed by atoms with Gasteiger partial charge in [0.2, 0.25) is 11.8 Å². The van der Waals surface area contributed by atoms with Crippen molar-refractivity contribution in [1.82, 2.24) is 30.5 Å². The number of hydrogen-bond acceptors (Lipinski definition) is 8. The van der Waals surface area contributed by atoms with Crippen LogP contribution in [0.5, 0.6) is 0 Å². The summed E-state index contributed by atoms with van der Waals surface area (Å²) in [6, 6.07) is 21.6. The molecule has 15 heteroatoms. The van der Waals surface area contributed by atoms with Gasteiger partial charge in [0.25, 0.3) is 5.91 Å². The van der Waals surface area contributed by atoms with Gasteiger partial charge in [0, 0.05) is 60.5 Å². The van der Waals surface area contributed by atoms with Gasteiger partial charge in [0.1, 0.15) is 23.6 Å². The van der Waals surface area contributed by atoms with Crippen LogP contribution in [-0.2, 0) is 28.3 Å². The van der Waals surface area contributed by atoms with E-state index in [-0.39, 0.29) is 29.5 Å². The largest absolute Gasteiger partial charge is 0.386 e. The number of aryl methyl sites for hydroxylation is 1. The molecule has 1 aliphatic rings. The highest BCUT2D eigenvalue weighted by atomic mass is 19.1. The third-order valence-corrected chi connectivity index (χ3v) is 11.3. The van der Waals surface area contributed by atoms with Gasteiger partial charge in [-0.2, -0.15) is 0 Å². The molecular weight excluding hydrogens is 807 g/mol. The zero-order valence-corrected chi connectivity index (χ0v) is 35.9. The van der Waals surface area contributed by atoms with Gasteiger partial charge in [-0.25, -0.2) is 23.5 Å². The summed E-state index contributed by atoms with van der Waals surface area (Å²) >= 11 is 0. The van der Waals surface area contributed by atoms with Gasteiger partial charge in [0.05, 0.1) is 16.9 Å². The number of H-pyrrole nitrogens is 1. The maximum absolute atomic E-state index is 15.2. The Kier molecular flexibility index (Phi) is 13.1. The molecule has 0 saturated carbocycles. The lowest BCUT2D eigenvalue weighted by Gasteiger charge is -2.27. The molecule has 13 nitrogen and oxygen atoms in total. The third-order valence-electron chi connectivity index (χ3n) is 11.3. The number of unbranched alkanes of at least 4 members (excludes halogenated alkanes) is 1. The molecule has 0 spiro atoms. The number of imide groups is 1. The molecule has 3 heterocycles. The molecule has 0 aliphatic carbocycles. The Morgan fingerprint density at radius 2 is 1.73 bits per heavy atom. The van der Waals surface area contributed by atoms with Crippen LogP contribution in [0, 0.1) is 25.5 Å². The number of urea groups is 1. The van der Waals surface area contributed by atoms with Crippen molar-refractivity contribution in [3.63, 3.8) is 0 Å². The molecule has 2 aromatic heterocycles. The quantitative estimate of drug-likeness (QED) is 0.0646. The Balaban J connectivity index is 0.925. The molecule has 326 valence electrons. The molecule has 0 radical (unpaired) electrons. The van der Waals surface area contributed by atoms with Crippen LogP contribution >= 0.6 is 0 Å². The number of amides is 5. The minimum Gasteiger partial charge on any atom is -0.386 e. The standard InChI is InChI=1S/C48H50F2N8O5/c1-28-9-15-35(58-19-17-43(60)56-47(58)62)20-32(28)25-51-42(59)8-6-7-18-57(5)26-30-10-12-31(13-11-30)41-24-38-44(52-27-53-45(38)54-41)37-22-34(49)23-40(29(37)2)55-46(61)36-16-14-33(21-39(36)50)48(3,4)63/h9-16,20-24,27,63H,6-8,17-19,25-26H2,1-5H3,(H,51,59)(H,55,61)(H,52,53,54)(H,56,60,62). The van der Waals surface area contributed by atoms with Crippen molar-refractivity contribution >= 4 is 46.2 Å². The zero-order chi connectivity index (χ0) is 45.0. The zero-order valence-electron chi connectivity index (χ0n) is 35.9. The highest BCUT2D eigenvalue weighted by molar-refractivity contribution is 6.06. The molecular formula is C48H50F2N8O5. The maximum Gasteiger partial charge on any atom is 0.328 e. The summed E-state index contributed by atoms with van der Waals surface area (Å²) in [6.07, 6.45) is 3.59. The first-order chi connectivity index (χ1) is 30.0. The highest BCUT2D eigenvalue weighted by Crippen LogP contribution is 2.35. The number of halogens is 2. The van der Waals surface area contributed by atoms with E-state index < -0.39 is 29.2 Å². The lowest BCUT2D eigenvalue weighted by atomic mass is 9.96. The number of carbonyl (C=O) groups is 4. The van der Waals surface area contributed by atoms with E-state index >= 15 is 4.39 Å². The molecule has 7 rings (SSSR count). The third kappa shape index (κ3) is 10.4. The molecule has 0 unspecified atom stereocenters. The lowest BCUT2D eigenvalue weighted by Crippen LogP contribution is -2.49. The van der Waals surface area contributed by atoms with E-state index in [0.29, 0.717) is 65.2 Å². The Morgan fingerprint density at radius 1 is 0.952 bits per heavy atom. The van der Waals surface area contributed by atoms with Crippen LogP contribution in [0.4, 0.5) is 25.0 Å². The Labute approximate surface area is 363 Å². The average molecular weight is 857 g/mol. The smallest absolute Gasteiger partial charge is 0.328 e. The molecule has 1 saturated heterocycles. The van der Waals surface area contributed by atoms with Crippen LogP contribution in [0.3, 0.4) is 0 Å². The molecule has 63 heavy (non-hydrogen) atoms. The Morgan fingerprint density at radius 3 is 2.46 bits per heavy atom. The van der Waals surface area contributed by atoms with Gasteiger partial charge < -0.3 is 25.6 Å². The molecule has 0 atom stereocenters.